The van der Waals surface area contributed by atoms with Crippen LogP contribution in [0.25, 0.3) is 0 Å². The second-order valence-electron chi connectivity index (χ2n) is 7.06. The lowest BCUT2D eigenvalue weighted by atomic mass is 9.98. The number of aromatic amines is 1. The summed E-state index contributed by atoms with van der Waals surface area (Å²) in [6.45, 7) is 5.17. The SMILES string of the molecule is Cc1cc(Cl)cc(C(=O)c2c(C(C)C)c(=O)[nH]c(=O)n2Cc2ccnc(C#N)c2)n1. The van der Waals surface area contributed by atoms with Gasteiger partial charge in [0, 0.05) is 22.5 Å². The Morgan fingerprint density at radius 3 is 2.67 bits per heavy atom. The van der Waals surface area contributed by atoms with E-state index in [1.54, 1.807) is 32.9 Å². The van der Waals surface area contributed by atoms with Crippen molar-refractivity contribution in [2.75, 3.05) is 0 Å². The molecule has 0 unspecified atom stereocenters. The van der Waals surface area contributed by atoms with E-state index >= 15 is 0 Å². The van der Waals surface area contributed by atoms with Crippen molar-refractivity contribution in [3.8, 4) is 6.07 Å². The molecule has 3 rings (SSSR count). The summed E-state index contributed by atoms with van der Waals surface area (Å²) in [6.07, 6.45) is 1.44. The van der Waals surface area contributed by atoms with Gasteiger partial charge in [0.1, 0.15) is 23.2 Å². The fourth-order valence-electron chi connectivity index (χ4n) is 3.20. The number of nitrogens with zero attached hydrogens (tertiary/aromatic N) is 4. The van der Waals surface area contributed by atoms with Gasteiger partial charge in [-0.25, -0.2) is 14.8 Å². The van der Waals surface area contributed by atoms with Crippen LogP contribution in [0.2, 0.25) is 5.02 Å². The zero-order valence-corrected chi connectivity index (χ0v) is 17.3. The molecule has 0 aliphatic heterocycles. The van der Waals surface area contributed by atoms with Gasteiger partial charge in [-0.15, -0.1) is 0 Å². The quantitative estimate of drug-likeness (QED) is 0.629. The van der Waals surface area contributed by atoms with Crippen molar-refractivity contribution in [3.05, 3.63) is 90.2 Å². The molecule has 0 aliphatic carbocycles. The number of carbonyl (C=O) groups excluding carboxylic acids is 1. The van der Waals surface area contributed by atoms with Crippen LogP contribution in [0, 0.1) is 18.3 Å². The molecular weight excluding hydrogens is 406 g/mol. The zero-order valence-electron chi connectivity index (χ0n) is 16.6. The van der Waals surface area contributed by atoms with E-state index < -0.39 is 17.0 Å². The topological polar surface area (TPSA) is 122 Å². The van der Waals surface area contributed by atoms with Gasteiger partial charge in [-0.1, -0.05) is 25.4 Å². The third-order valence-corrected chi connectivity index (χ3v) is 4.68. The molecule has 0 aromatic carbocycles. The lowest BCUT2D eigenvalue weighted by Gasteiger charge is -2.17. The molecule has 152 valence electrons. The summed E-state index contributed by atoms with van der Waals surface area (Å²) in [4.78, 5) is 49.1. The molecule has 0 aliphatic rings. The van der Waals surface area contributed by atoms with Crippen LogP contribution in [0.4, 0.5) is 0 Å². The van der Waals surface area contributed by atoms with Crippen LogP contribution in [-0.2, 0) is 6.54 Å². The molecule has 30 heavy (non-hydrogen) atoms. The summed E-state index contributed by atoms with van der Waals surface area (Å²) in [5, 5.41) is 9.40. The molecule has 0 bridgehead atoms. The van der Waals surface area contributed by atoms with Gasteiger partial charge < -0.3 is 0 Å². The molecule has 3 aromatic heterocycles. The van der Waals surface area contributed by atoms with Crippen molar-refractivity contribution >= 4 is 17.4 Å². The van der Waals surface area contributed by atoms with Gasteiger partial charge in [0.25, 0.3) is 5.56 Å². The average Bonchev–Trinajstić information content (AvgIpc) is 2.68. The van der Waals surface area contributed by atoms with Gasteiger partial charge in [-0.2, -0.15) is 5.26 Å². The van der Waals surface area contributed by atoms with Gasteiger partial charge in [0.2, 0.25) is 5.78 Å². The lowest BCUT2D eigenvalue weighted by Crippen LogP contribution is -2.38. The Kier molecular flexibility index (Phi) is 5.94. The van der Waals surface area contributed by atoms with Crippen LogP contribution < -0.4 is 11.2 Å². The van der Waals surface area contributed by atoms with Gasteiger partial charge in [-0.3, -0.25) is 19.1 Å². The maximum atomic E-state index is 13.4. The molecule has 0 atom stereocenters. The first-order valence-corrected chi connectivity index (χ1v) is 9.50. The molecule has 8 nitrogen and oxygen atoms in total. The van der Waals surface area contributed by atoms with Crippen LogP contribution in [-0.4, -0.2) is 25.3 Å². The highest BCUT2D eigenvalue weighted by molar-refractivity contribution is 6.31. The molecule has 0 saturated carbocycles. The fourth-order valence-corrected chi connectivity index (χ4v) is 3.46. The third kappa shape index (κ3) is 4.21. The largest absolute Gasteiger partial charge is 0.329 e. The number of aryl methyl sites for hydroxylation is 1. The van der Waals surface area contributed by atoms with E-state index in [9.17, 15) is 14.4 Å². The van der Waals surface area contributed by atoms with Crippen molar-refractivity contribution in [1.82, 2.24) is 19.5 Å². The Morgan fingerprint density at radius 1 is 1.30 bits per heavy atom. The highest BCUT2D eigenvalue weighted by atomic mass is 35.5. The molecule has 0 fully saturated rings. The van der Waals surface area contributed by atoms with Crippen molar-refractivity contribution in [2.24, 2.45) is 0 Å². The second-order valence-corrected chi connectivity index (χ2v) is 7.50. The maximum Gasteiger partial charge on any atom is 0.329 e. The standard InChI is InChI=1S/C21H18ClN5O3/c1-11(2)17-18(19(28)16-8-14(22)6-12(3)25-16)27(21(30)26-20(17)29)10-13-4-5-24-15(7-13)9-23/h4-8,11H,10H2,1-3H3,(H,26,29,30). The molecule has 0 amide bonds. The normalized spacial score (nSPS) is 10.8. The Morgan fingerprint density at radius 2 is 2.03 bits per heavy atom. The first-order valence-electron chi connectivity index (χ1n) is 9.12. The van der Waals surface area contributed by atoms with Crippen LogP contribution in [0.5, 0.6) is 0 Å². The summed E-state index contributed by atoms with van der Waals surface area (Å²) in [5.41, 5.74) is 0.0831. The second kappa shape index (κ2) is 8.43. The monoisotopic (exact) mass is 423 g/mol. The molecule has 0 saturated heterocycles. The van der Waals surface area contributed by atoms with Gasteiger partial charge in [0.05, 0.1) is 6.54 Å². The number of hydrogen-bond acceptors (Lipinski definition) is 6. The highest BCUT2D eigenvalue weighted by Crippen LogP contribution is 2.20. The molecule has 1 N–H and O–H groups in total. The van der Waals surface area contributed by atoms with E-state index in [1.807, 2.05) is 6.07 Å². The third-order valence-electron chi connectivity index (χ3n) is 4.46. The smallest absolute Gasteiger partial charge is 0.285 e. The summed E-state index contributed by atoms with van der Waals surface area (Å²) < 4.78 is 1.19. The predicted octanol–water partition coefficient (Wildman–Crippen LogP) is 2.56. The highest BCUT2D eigenvalue weighted by Gasteiger charge is 2.25. The van der Waals surface area contributed by atoms with E-state index in [4.69, 9.17) is 16.9 Å². The molecular formula is C21H18ClN5O3. The van der Waals surface area contributed by atoms with E-state index in [-0.39, 0.29) is 35.1 Å². The maximum absolute atomic E-state index is 13.4. The number of H-pyrrole nitrogens is 1. The number of rotatable bonds is 5. The van der Waals surface area contributed by atoms with E-state index in [2.05, 4.69) is 15.0 Å². The lowest BCUT2D eigenvalue weighted by molar-refractivity contribution is 0.102. The minimum Gasteiger partial charge on any atom is -0.285 e. The van der Waals surface area contributed by atoms with Crippen molar-refractivity contribution in [2.45, 2.75) is 33.2 Å². The summed E-state index contributed by atoms with van der Waals surface area (Å²) >= 11 is 6.08. The first kappa shape index (κ1) is 21.1. The molecule has 0 radical (unpaired) electrons. The van der Waals surface area contributed by atoms with Crippen LogP contribution in [0.3, 0.4) is 0 Å². The number of hydrogen-bond donors (Lipinski definition) is 1. The Hall–Kier alpha value is -3.57. The predicted molar refractivity (Wildman–Crippen MR) is 111 cm³/mol. The number of nitriles is 1. The fraction of sp³-hybridized carbons (Fsp3) is 0.238. The van der Waals surface area contributed by atoms with Crippen molar-refractivity contribution in [1.29, 1.82) is 5.26 Å². The summed E-state index contributed by atoms with van der Waals surface area (Å²) in [7, 11) is 0. The minimum absolute atomic E-state index is 0.0346. The van der Waals surface area contributed by atoms with Gasteiger partial charge in [0.15, 0.2) is 0 Å². The molecule has 3 heterocycles. The van der Waals surface area contributed by atoms with Crippen molar-refractivity contribution < 1.29 is 4.79 Å². The number of pyridine rings is 2. The Labute approximate surface area is 176 Å². The van der Waals surface area contributed by atoms with E-state index in [0.717, 1.165) is 0 Å². The van der Waals surface area contributed by atoms with Gasteiger partial charge >= 0.3 is 5.69 Å². The van der Waals surface area contributed by atoms with Crippen LogP contribution in [0.15, 0.2) is 40.1 Å². The number of carbonyl (C=O) groups is 1. The van der Waals surface area contributed by atoms with Crippen molar-refractivity contribution in [3.63, 3.8) is 0 Å². The molecule has 0 spiro atoms. The Balaban J connectivity index is 2.28. The van der Waals surface area contributed by atoms with E-state index in [0.29, 0.717) is 16.3 Å². The minimum atomic E-state index is -0.734. The first-order chi connectivity index (χ1) is 14.2. The molecule has 9 heteroatoms. The van der Waals surface area contributed by atoms with Crippen LogP contribution >= 0.6 is 11.6 Å². The number of aromatic nitrogens is 4. The van der Waals surface area contributed by atoms with E-state index in [1.165, 1.54) is 22.9 Å². The summed E-state index contributed by atoms with van der Waals surface area (Å²) in [5.74, 6) is -0.922. The summed E-state index contributed by atoms with van der Waals surface area (Å²) in [6, 6.07) is 8.08. The van der Waals surface area contributed by atoms with Gasteiger partial charge in [-0.05, 0) is 42.7 Å². The van der Waals surface area contributed by atoms with Crippen LogP contribution in [0.1, 0.15) is 58.5 Å². The average molecular weight is 424 g/mol. The number of ketones is 1. The molecule has 3 aromatic rings. The number of nitrogens with one attached hydrogen (secondary N) is 1. The Bertz CT molecular complexity index is 1280. The zero-order chi connectivity index (χ0) is 22.0. The number of halogens is 1.